The van der Waals surface area contributed by atoms with Gasteiger partial charge in [-0.2, -0.15) is 0 Å². The summed E-state index contributed by atoms with van der Waals surface area (Å²) in [5.41, 5.74) is 1.82. The minimum atomic E-state index is 0.386. The van der Waals surface area contributed by atoms with Crippen molar-refractivity contribution in [1.82, 2.24) is 14.7 Å². The second kappa shape index (κ2) is 6.10. The van der Waals surface area contributed by atoms with Crippen LogP contribution in [-0.2, 0) is 11.3 Å². The van der Waals surface area contributed by atoms with Crippen LogP contribution in [0.1, 0.15) is 24.8 Å². The Balaban J connectivity index is 1.32. The molecule has 0 N–H and O–H groups in total. The number of likely N-dealkylation sites (tertiary alicyclic amines) is 1. The Morgan fingerprint density at radius 2 is 1.88 bits per heavy atom. The van der Waals surface area contributed by atoms with Crippen molar-refractivity contribution in [3.8, 4) is 0 Å². The highest BCUT2D eigenvalue weighted by atomic mass is 16.5. The van der Waals surface area contributed by atoms with E-state index < -0.39 is 0 Å². The van der Waals surface area contributed by atoms with Crippen LogP contribution < -0.4 is 0 Å². The van der Waals surface area contributed by atoms with Gasteiger partial charge >= 0.3 is 0 Å². The summed E-state index contributed by atoms with van der Waals surface area (Å²) in [5, 5.41) is 0. The molecule has 1 unspecified atom stereocenters. The zero-order chi connectivity index (χ0) is 16.0. The van der Waals surface area contributed by atoms with Crippen LogP contribution in [0, 0.1) is 0 Å². The predicted octanol–water partition coefficient (Wildman–Crippen LogP) is 1.81. The van der Waals surface area contributed by atoms with Crippen LogP contribution in [0.15, 0.2) is 30.3 Å². The number of morpholine rings is 1. The quantitative estimate of drug-likeness (QED) is 0.843. The van der Waals surface area contributed by atoms with Gasteiger partial charge in [0.15, 0.2) is 0 Å². The van der Waals surface area contributed by atoms with Gasteiger partial charge in [0, 0.05) is 51.4 Å². The second-order valence-electron chi connectivity index (χ2n) is 8.29. The maximum atomic E-state index is 5.82. The van der Waals surface area contributed by atoms with Crippen molar-refractivity contribution in [3.05, 3.63) is 35.9 Å². The van der Waals surface area contributed by atoms with E-state index in [1.165, 1.54) is 44.5 Å². The van der Waals surface area contributed by atoms with Crippen LogP contribution in [0.3, 0.4) is 0 Å². The number of ether oxygens (including phenoxy) is 1. The van der Waals surface area contributed by atoms with E-state index >= 15 is 0 Å². The molecule has 1 spiro atoms. The maximum Gasteiger partial charge on any atom is 0.0635 e. The molecule has 5 rings (SSSR count). The average molecular weight is 327 g/mol. The van der Waals surface area contributed by atoms with E-state index in [2.05, 4.69) is 45.0 Å². The first-order valence-electron chi connectivity index (χ1n) is 9.67. The Kier molecular flexibility index (Phi) is 3.89. The lowest BCUT2D eigenvalue weighted by atomic mass is 9.78. The second-order valence-corrected chi connectivity index (χ2v) is 8.29. The van der Waals surface area contributed by atoms with Crippen molar-refractivity contribution in [2.75, 3.05) is 45.9 Å². The first kappa shape index (κ1) is 15.3. The lowest BCUT2D eigenvalue weighted by molar-refractivity contribution is -0.179. The normalized spacial score (nSPS) is 31.4. The van der Waals surface area contributed by atoms with Gasteiger partial charge < -0.3 is 4.74 Å². The minimum Gasteiger partial charge on any atom is -0.378 e. The van der Waals surface area contributed by atoms with Gasteiger partial charge in [0.05, 0.1) is 18.8 Å². The highest BCUT2D eigenvalue weighted by Crippen LogP contribution is 2.40. The van der Waals surface area contributed by atoms with E-state index in [9.17, 15) is 0 Å². The van der Waals surface area contributed by atoms with Gasteiger partial charge in [0.2, 0.25) is 0 Å². The highest BCUT2D eigenvalue weighted by molar-refractivity contribution is 5.17. The molecule has 130 valence electrons. The Bertz CT molecular complexity index is 568. The number of nitrogens with zero attached hydrogens (tertiary/aromatic N) is 3. The lowest BCUT2D eigenvalue weighted by Gasteiger charge is -2.65. The first-order chi connectivity index (χ1) is 11.8. The van der Waals surface area contributed by atoms with Gasteiger partial charge in [0.25, 0.3) is 0 Å². The maximum absolute atomic E-state index is 5.82. The van der Waals surface area contributed by atoms with Gasteiger partial charge in [0.1, 0.15) is 0 Å². The largest absolute Gasteiger partial charge is 0.378 e. The third kappa shape index (κ3) is 2.60. The Hall–Kier alpha value is -0.940. The Morgan fingerprint density at radius 1 is 1.04 bits per heavy atom. The molecule has 3 heterocycles. The van der Waals surface area contributed by atoms with Crippen molar-refractivity contribution < 1.29 is 4.74 Å². The number of fused-ring (bicyclic) bond motifs is 2. The number of hydrogen-bond acceptors (Lipinski definition) is 4. The summed E-state index contributed by atoms with van der Waals surface area (Å²) in [5.74, 6) is 0. The van der Waals surface area contributed by atoms with Crippen LogP contribution in [0.2, 0.25) is 0 Å². The van der Waals surface area contributed by atoms with Crippen LogP contribution in [-0.4, -0.2) is 78.3 Å². The molecule has 0 bridgehead atoms. The fourth-order valence-electron chi connectivity index (χ4n) is 5.26. The van der Waals surface area contributed by atoms with Gasteiger partial charge in [-0.1, -0.05) is 36.8 Å². The van der Waals surface area contributed by atoms with Crippen LogP contribution >= 0.6 is 0 Å². The summed E-state index contributed by atoms with van der Waals surface area (Å²) >= 11 is 0. The molecule has 0 radical (unpaired) electrons. The van der Waals surface area contributed by atoms with Crippen LogP contribution in [0.4, 0.5) is 0 Å². The van der Waals surface area contributed by atoms with Crippen molar-refractivity contribution in [2.24, 2.45) is 0 Å². The molecule has 4 fully saturated rings. The molecule has 4 nitrogen and oxygen atoms in total. The van der Waals surface area contributed by atoms with E-state index in [1.807, 2.05) is 0 Å². The first-order valence-corrected chi connectivity index (χ1v) is 9.67. The van der Waals surface area contributed by atoms with Gasteiger partial charge in [-0.25, -0.2) is 0 Å². The molecule has 0 amide bonds. The summed E-state index contributed by atoms with van der Waals surface area (Å²) < 4.78 is 5.82. The zero-order valence-electron chi connectivity index (χ0n) is 14.6. The third-order valence-corrected chi connectivity index (χ3v) is 6.66. The van der Waals surface area contributed by atoms with Gasteiger partial charge in [-0.05, 0) is 18.4 Å². The number of hydrogen-bond donors (Lipinski definition) is 0. The Labute approximate surface area is 145 Å². The standard InChI is InChI=1S/C20H29N3O/c1-2-5-17(6-3-1)11-21-12-19-13-24-10-9-23(19)20(14-21)15-22(16-20)18-7-4-8-18/h1-3,5-6,18-19H,4,7-16H2. The fraction of sp³-hybridized carbons (Fsp3) is 0.700. The van der Waals surface area contributed by atoms with Crippen LogP contribution in [0.5, 0.6) is 0 Å². The monoisotopic (exact) mass is 327 g/mol. The van der Waals surface area contributed by atoms with E-state index in [-0.39, 0.29) is 0 Å². The number of rotatable bonds is 3. The molecule has 4 heteroatoms. The molecular weight excluding hydrogens is 298 g/mol. The zero-order valence-corrected chi connectivity index (χ0v) is 14.6. The van der Waals surface area contributed by atoms with Gasteiger partial charge in [-0.3, -0.25) is 14.7 Å². The Morgan fingerprint density at radius 3 is 2.62 bits per heavy atom. The number of benzene rings is 1. The topological polar surface area (TPSA) is 19.0 Å². The third-order valence-electron chi connectivity index (χ3n) is 6.66. The number of piperazine rings is 1. The molecule has 1 atom stereocenters. The highest BCUT2D eigenvalue weighted by Gasteiger charge is 2.55. The SMILES string of the molecule is c1ccc(CN2CC3COCCN3C3(C2)CN(C2CCC2)C3)cc1. The summed E-state index contributed by atoms with van der Waals surface area (Å²) in [7, 11) is 0. The van der Waals surface area contributed by atoms with Gasteiger partial charge in [-0.15, -0.1) is 0 Å². The van der Waals surface area contributed by atoms with E-state index in [4.69, 9.17) is 4.74 Å². The molecule has 1 aliphatic carbocycles. The summed E-state index contributed by atoms with van der Waals surface area (Å²) in [4.78, 5) is 8.25. The van der Waals surface area contributed by atoms with Crippen molar-refractivity contribution >= 4 is 0 Å². The molecule has 3 aliphatic heterocycles. The average Bonchev–Trinajstić information content (AvgIpc) is 2.53. The molecule has 3 saturated heterocycles. The molecule has 1 saturated carbocycles. The molecule has 1 aromatic carbocycles. The lowest BCUT2D eigenvalue weighted by Crippen LogP contribution is -2.81. The predicted molar refractivity (Wildman–Crippen MR) is 95.0 cm³/mol. The van der Waals surface area contributed by atoms with Crippen molar-refractivity contribution in [3.63, 3.8) is 0 Å². The van der Waals surface area contributed by atoms with Crippen molar-refractivity contribution in [2.45, 2.75) is 43.4 Å². The van der Waals surface area contributed by atoms with E-state index in [0.717, 1.165) is 38.9 Å². The van der Waals surface area contributed by atoms with Crippen molar-refractivity contribution in [1.29, 1.82) is 0 Å². The van der Waals surface area contributed by atoms with E-state index in [0.29, 0.717) is 11.6 Å². The summed E-state index contributed by atoms with van der Waals surface area (Å²) in [6, 6.07) is 12.4. The summed E-state index contributed by atoms with van der Waals surface area (Å²) in [6.07, 6.45) is 4.29. The summed E-state index contributed by atoms with van der Waals surface area (Å²) in [6.45, 7) is 8.97. The van der Waals surface area contributed by atoms with Crippen LogP contribution in [0.25, 0.3) is 0 Å². The molecule has 4 aliphatic rings. The fourth-order valence-corrected chi connectivity index (χ4v) is 5.26. The molecule has 24 heavy (non-hydrogen) atoms. The van der Waals surface area contributed by atoms with E-state index in [1.54, 1.807) is 0 Å². The smallest absolute Gasteiger partial charge is 0.0635 e. The molecule has 1 aromatic rings. The minimum absolute atomic E-state index is 0.386. The molecular formula is C20H29N3O. The molecule has 0 aromatic heterocycles.